The standard InChI is InChI=1S/C16H14ClN5O/c17-11-3-1-9(2-4-11)10-7-12-13(16(23)20-8-10)22-15(21-12)14-18-5-6-19-14/h1-6,10H,7-8H2,(H,18,19)(H,20,23)(H,21,22)/t10-/m1/s1. The minimum atomic E-state index is -0.162. The molecule has 0 radical (unpaired) electrons. The molecule has 3 heterocycles. The summed E-state index contributed by atoms with van der Waals surface area (Å²) in [5.41, 5.74) is 2.40. The highest BCUT2D eigenvalue weighted by Crippen LogP contribution is 2.26. The molecule has 116 valence electrons. The molecule has 1 aromatic carbocycles. The van der Waals surface area contributed by atoms with Crippen molar-refractivity contribution in [3.63, 3.8) is 0 Å². The van der Waals surface area contributed by atoms with Gasteiger partial charge in [-0.1, -0.05) is 23.7 Å². The van der Waals surface area contributed by atoms with E-state index in [4.69, 9.17) is 11.6 Å². The minimum Gasteiger partial charge on any atom is -0.350 e. The third-order valence-corrected chi connectivity index (χ3v) is 4.27. The molecule has 0 aliphatic carbocycles. The van der Waals surface area contributed by atoms with E-state index in [2.05, 4.69) is 25.3 Å². The molecule has 3 aromatic rings. The highest BCUT2D eigenvalue weighted by molar-refractivity contribution is 6.30. The Kier molecular flexibility index (Phi) is 3.38. The summed E-state index contributed by atoms with van der Waals surface area (Å²) >= 11 is 5.95. The molecule has 0 unspecified atom stereocenters. The van der Waals surface area contributed by atoms with Crippen molar-refractivity contribution in [3.05, 3.63) is 58.6 Å². The summed E-state index contributed by atoms with van der Waals surface area (Å²) in [6.45, 7) is 0.570. The summed E-state index contributed by atoms with van der Waals surface area (Å²) < 4.78 is 0. The number of benzene rings is 1. The number of nitrogens with one attached hydrogen (secondary N) is 3. The van der Waals surface area contributed by atoms with Crippen molar-refractivity contribution in [2.75, 3.05) is 6.54 Å². The van der Waals surface area contributed by atoms with Crippen LogP contribution in [0.2, 0.25) is 5.02 Å². The van der Waals surface area contributed by atoms with Crippen molar-refractivity contribution in [1.29, 1.82) is 0 Å². The molecule has 0 saturated heterocycles. The molecule has 1 atom stereocenters. The number of carbonyl (C=O) groups is 1. The molecule has 0 saturated carbocycles. The third kappa shape index (κ3) is 2.61. The molecule has 0 fully saturated rings. The summed E-state index contributed by atoms with van der Waals surface area (Å²) in [7, 11) is 0. The Morgan fingerprint density at radius 2 is 2.00 bits per heavy atom. The second-order valence-corrected chi connectivity index (χ2v) is 5.95. The van der Waals surface area contributed by atoms with E-state index in [1.54, 1.807) is 12.4 Å². The number of hydrogen-bond acceptors (Lipinski definition) is 3. The SMILES string of the molecule is O=C1NC[C@H](c2ccc(Cl)cc2)Cc2[nH]c(-c3ncc[nH]3)nc21. The Bertz CT molecular complexity index is 838. The largest absolute Gasteiger partial charge is 0.350 e. The summed E-state index contributed by atoms with van der Waals surface area (Å²) in [5.74, 6) is 1.20. The highest BCUT2D eigenvalue weighted by atomic mass is 35.5. The van der Waals surface area contributed by atoms with Gasteiger partial charge in [-0.2, -0.15) is 0 Å². The zero-order valence-corrected chi connectivity index (χ0v) is 12.9. The Hall–Kier alpha value is -2.60. The van der Waals surface area contributed by atoms with Gasteiger partial charge in [-0.3, -0.25) is 4.79 Å². The van der Waals surface area contributed by atoms with E-state index in [1.165, 1.54) is 0 Å². The van der Waals surface area contributed by atoms with Crippen LogP contribution in [0.4, 0.5) is 0 Å². The first-order valence-corrected chi connectivity index (χ1v) is 7.71. The Morgan fingerprint density at radius 3 is 2.74 bits per heavy atom. The van der Waals surface area contributed by atoms with E-state index in [9.17, 15) is 4.79 Å². The van der Waals surface area contributed by atoms with Gasteiger partial charge in [0, 0.05) is 35.6 Å². The van der Waals surface area contributed by atoms with E-state index in [1.807, 2.05) is 24.3 Å². The van der Waals surface area contributed by atoms with Gasteiger partial charge in [-0.05, 0) is 24.1 Å². The van der Waals surface area contributed by atoms with Gasteiger partial charge in [0.25, 0.3) is 5.91 Å². The van der Waals surface area contributed by atoms with Crippen molar-refractivity contribution in [2.45, 2.75) is 12.3 Å². The van der Waals surface area contributed by atoms with Gasteiger partial charge in [0.15, 0.2) is 11.6 Å². The second-order valence-electron chi connectivity index (χ2n) is 5.51. The van der Waals surface area contributed by atoms with Crippen LogP contribution in [0.15, 0.2) is 36.7 Å². The highest BCUT2D eigenvalue weighted by Gasteiger charge is 2.26. The number of carbonyl (C=O) groups excluding carboxylic acids is 1. The van der Waals surface area contributed by atoms with Crippen molar-refractivity contribution >= 4 is 17.5 Å². The minimum absolute atomic E-state index is 0.162. The molecule has 1 amide bonds. The fraction of sp³-hybridized carbons (Fsp3) is 0.188. The normalized spacial score (nSPS) is 17.4. The Labute approximate surface area is 137 Å². The van der Waals surface area contributed by atoms with E-state index in [0.717, 1.165) is 11.3 Å². The zero-order valence-electron chi connectivity index (χ0n) is 12.1. The van der Waals surface area contributed by atoms with E-state index >= 15 is 0 Å². The predicted molar refractivity (Wildman–Crippen MR) is 86.4 cm³/mol. The third-order valence-electron chi connectivity index (χ3n) is 4.02. The van der Waals surface area contributed by atoms with Crippen LogP contribution in [-0.2, 0) is 6.42 Å². The number of amides is 1. The van der Waals surface area contributed by atoms with E-state index in [0.29, 0.717) is 35.3 Å². The lowest BCUT2D eigenvalue weighted by Gasteiger charge is -2.14. The van der Waals surface area contributed by atoms with Gasteiger partial charge in [-0.25, -0.2) is 9.97 Å². The van der Waals surface area contributed by atoms with Gasteiger partial charge in [0.2, 0.25) is 0 Å². The molecule has 6 nitrogen and oxygen atoms in total. The maximum absolute atomic E-state index is 12.3. The molecule has 0 spiro atoms. The van der Waals surface area contributed by atoms with Crippen molar-refractivity contribution in [1.82, 2.24) is 25.3 Å². The molecule has 3 N–H and O–H groups in total. The zero-order chi connectivity index (χ0) is 15.8. The smallest absolute Gasteiger partial charge is 0.271 e. The Balaban J connectivity index is 1.69. The van der Waals surface area contributed by atoms with E-state index < -0.39 is 0 Å². The molecule has 1 aliphatic rings. The van der Waals surface area contributed by atoms with Gasteiger partial charge < -0.3 is 15.3 Å². The quantitative estimate of drug-likeness (QED) is 0.676. The van der Waals surface area contributed by atoms with Gasteiger partial charge in [0.05, 0.1) is 0 Å². The fourth-order valence-corrected chi connectivity index (χ4v) is 2.97. The number of imidazole rings is 2. The number of aromatic nitrogens is 4. The lowest BCUT2D eigenvalue weighted by molar-refractivity contribution is 0.0950. The molecule has 7 heteroatoms. The number of H-pyrrole nitrogens is 2. The first-order chi connectivity index (χ1) is 11.2. The average Bonchev–Trinajstić information content (AvgIpc) is 3.19. The number of hydrogen-bond donors (Lipinski definition) is 3. The summed E-state index contributed by atoms with van der Waals surface area (Å²) in [5, 5.41) is 3.64. The number of fused-ring (bicyclic) bond motifs is 1. The van der Waals surface area contributed by atoms with E-state index in [-0.39, 0.29) is 11.8 Å². The van der Waals surface area contributed by atoms with Crippen molar-refractivity contribution < 1.29 is 4.79 Å². The average molecular weight is 328 g/mol. The van der Waals surface area contributed by atoms with Gasteiger partial charge in [-0.15, -0.1) is 0 Å². The summed E-state index contributed by atoms with van der Waals surface area (Å²) in [6, 6.07) is 7.72. The van der Waals surface area contributed by atoms with Crippen molar-refractivity contribution in [2.24, 2.45) is 0 Å². The van der Waals surface area contributed by atoms with Gasteiger partial charge in [0.1, 0.15) is 5.69 Å². The van der Waals surface area contributed by atoms with Gasteiger partial charge >= 0.3 is 0 Å². The van der Waals surface area contributed by atoms with Crippen LogP contribution in [0.25, 0.3) is 11.6 Å². The Morgan fingerprint density at radius 1 is 1.17 bits per heavy atom. The van der Waals surface area contributed by atoms with Crippen LogP contribution >= 0.6 is 11.6 Å². The monoisotopic (exact) mass is 327 g/mol. The maximum Gasteiger partial charge on any atom is 0.271 e. The first-order valence-electron chi connectivity index (χ1n) is 7.33. The molecule has 1 aliphatic heterocycles. The summed E-state index contributed by atoms with van der Waals surface area (Å²) in [6.07, 6.45) is 4.07. The lowest BCUT2D eigenvalue weighted by atomic mass is 9.94. The molecular formula is C16H14ClN5O. The molecular weight excluding hydrogens is 314 g/mol. The molecule has 23 heavy (non-hydrogen) atoms. The number of aromatic amines is 2. The molecule has 0 bridgehead atoms. The van der Waals surface area contributed by atoms with Crippen LogP contribution < -0.4 is 5.32 Å². The fourth-order valence-electron chi connectivity index (χ4n) is 2.84. The number of rotatable bonds is 2. The second kappa shape index (κ2) is 5.55. The predicted octanol–water partition coefficient (Wildman–Crippen LogP) is 2.52. The van der Waals surface area contributed by atoms with Crippen LogP contribution in [0.5, 0.6) is 0 Å². The molecule has 4 rings (SSSR count). The van der Waals surface area contributed by atoms with Crippen LogP contribution in [0.3, 0.4) is 0 Å². The number of halogens is 1. The maximum atomic E-state index is 12.3. The number of nitrogens with zero attached hydrogens (tertiary/aromatic N) is 2. The van der Waals surface area contributed by atoms with Crippen LogP contribution in [0.1, 0.15) is 27.7 Å². The van der Waals surface area contributed by atoms with Crippen LogP contribution in [0, 0.1) is 0 Å². The molecule has 2 aromatic heterocycles. The summed E-state index contributed by atoms with van der Waals surface area (Å²) in [4.78, 5) is 27.1. The van der Waals surface area contributed by atoms with Crippen molar-refractivity contribution in [3.8, 4) is 11.6 Å². The first kappa shape index (κ1) is 14.0. The van der Waals surface area contributed by atoms with Crippen LogP contribution in [-0.4, -0.2) is 32.4 Å². The topological polar surface area (TPSA) is 86.5 Å². The lowest BCUT2D eigenvalue weighted by Crippen LogP contribution is -2.26.